The number of nitrogens with one attached hydrogen (secondary N) is 2. The molecule has 3 rings (SSSR count). The predicted molar refractivity (Wildman–Crippen MR) is 124 cm³/mol. The number of pyridine rings is 1. The van der Waals surface area contributed by atoms with E-state index >= 15 is 0 Å². The minimum Gasteiger partial charge on any atom is -0.357 e. The topological polar surface area (TPSA) is 52.6 Å². The molecule has 0 bridgehead atoms. The first kappa shape index (κ1) is 21.5. The summed E-state index contributed by atoms with van der Waals surface area (Å²) in [6.07, 6.45) is 7.11. The number of aromatic nitrogens is 1. The fourth-order valence-electron chi connectivity index (χ4n) is 3.23. The molecule has 1 aromatic heterocycles. The Kier molecular flexibility index (Phi) is 9.38. The molecule has 2 aromatic rings. The fraction of sp³-hybridized carbons (Fsp3) is 0.429. The lowest BCUT2D eigenvalue weighted by molar-refractivity contribution is 0.726. The molecular formula is C21H30IN5. The molecule has 0 amide bonds. The Labute approximate surface area is 179 Å². The van der Waals surface area contributed by atoms with E-state index in [1.807, 2.05) is 12.3 Å². The van der Waals surface area contributed by atoms with Gasteiger partial charge in [-0.15, -0.1) is 24.0 Å². The quantitative estimate of drug-likeness (QED) is 0.388. The van der Waals surface area contributed by atoms with Crippen molar-refractivity contribution in [3.8, 4) is 0 Å². The molecule has 0 radical (unpaired) electrons. The second-order valence-corrected chi connectivity index (χ2v) is 6.69. The van der Waals surface area contributed by atoms with Crippen LogP contribution in [0.3, 0.4) is 0 Å². The number of nitrogens with zero attached hydrogens (tertiary/aromatic N) is 3. The van der Waals surface area contributed by atoms with Gasteiger partial charge in [-0.2, -0.15) is 0 Å². The Bertz CT molecular complexity index is 697. The maximum absolute atomic E-state index is 4.58. The van der Waals surface area contributed by atoms with Crippen LogP contribution in [-0.4, -0.2) is 31.1 Å². The van der Waals surface area contributed by atoms with Gasteiger partial charge in [-0.3, -0.25) is 4.99 Å². The lowest BCUT2D eigenvalue weighted by atomic mass is 10.2. The van der Waals surface area contributed by atoms with Crippen molar-refractivity contribution in [2.24, 2.45) is 4.99 Å². The number of halogens is 1. The Morgan fingerprint density at radius 2 is 1.63 bits per heavy atom. The van der Waals surface area contributed by atoms with Crippen LogP contribution in [0.2, 0.25) is 0 Å². The number of hydrogen-bond donors (Lipinski definition) is 2. The lowest BCUT2D eigenvalue weighted by Crippen LogP contribution is -2.36. The smallest absolute Gasteiger partial charge is 0.191 e. The van der Waals surface area contributed by atoms with Crippen molar-refractivity contribution in [2.45, 2.75) is 38.8 Å². The molecule has 146 valence electrons. The summed E-state index contributed by atoms with van der Waals surface area (Å²) in [6, 6.07) is 14.6. The Hall–Kier alpha value is -1.83. The number of anilines is 1. The second-order valence-electron chi connectivity index (χ2n) is 6.69. The third-order valence-electron chi connectivity index (χ3n) is 4.73. The maximum atomic E-state index is 4.58. The van der Waals surface area contributed by atoms with Gasteiger partial charge in [0.1, 0.15) is 5.82 Å². The summed E-state index contributed by atoms with van der Waals surface area (Å²) in [6.45, 7) is 3.72. The van der Waals surface area contributed by atoms with Crippen LogP contribution in [0, 0.1) is 0 Å². The van der Waals surface area contributed by atoms with Gasteiger partial charge < -0.3 is 15.5 Å². The molecule has 6 heteroatoms. The van der Waals surface area contributed by atoms with Crippen LogP contribution in [0.1, 0.15) is 36.8 Å². The molecule has 2 N–H and O–H groups in total. The summed E-state index contributed by atoms with van der Waals surface area (Å²) in [4.78, 5) is 11.3. The molecule has 0 atom stereocenters. The van der Waals surface area contributed by atoms with E-state index in [0.717, 1.165) is 38.0 Å². The van der Waals surface area contributed by atoms with E-state index in [9.17, 15) is 0 Å². The van der Waals surface area contributed by atoms with E-state index in [1.54, 1.807) is 7.05 Å². The zero-order chi connectivity index (χ0) is 18.0. The first-order valence-corrected chi connectivity index (χ1v) is 9.53. The van der Waals surface area contributed by atoms with Gasteiger partial charge in [0.25, 0.3) is 0 Å². The zero-order valence-corrected chi connectivity index (χ0v) is 18.4. The van der Waals surface area contributed by atoms with Gasteiger partial charge in [-0.05, 0) is 36.1 Å². The molecule has 27 heavy (non-hydrogen) atoms. The fourth-order valence-corrected chi connectivity index (χ4v) is 3.23. The third kappa shape index (κ3) is 7.01. The monoisotopic (exact) mass is 479 g/mol. The standard InChI is InChI=1S/C21H29N5.HI/c1-22-21(24-16-18-9-5-4-6-10-18)25-17-19-11-12-23-20(15-19)26-13-7-2-3-8-14-26;/h4-6,9-12,15H,2-3,7-8,13-14,16-17H2,1H3,(H2,22,24,25);1H. The SMILES string of the molecule is CN=C(NCc1ccccc1)NCc1ccnc(N2CCCCCC2)c1.I. The summed E-state index contributed by atoms with van der Waals surface area (Å²) >= 11 is 0. The molecule has 0 unspecified atom stereocenters. The van der Waals surface area contributed by atoms with Gasteiger partial charge in [-0.25, -0.2) is 4.98 Å². The van der Waals surface area contributed by atoms with Crippen LogP contribution in [0.15, 0.2) is 53.7 Å². The third-order valence-corrected chi connectivity index (χ3v) is 4.73. The first-order valence-electron chi connectivity index (χ1n) is 9.53. The second kappa shape index (κ2) is 11.8. The summed E-state index contributed by atoms with van der Waals surface area (Å²) in [7, 11) is 1.80. The normalized spacial score (nSPS) is 14.9. The highest BCUT2D eigenvalue weighted by atomic mass is 127. The van der Waals surface area contributed by atoms with Gasteiger partial charge in [0.2, 0.25) is 0 Å². The van der Waals surface area contributed by atoms with Gasteiger partial charge in [-0.1, -0.05) is 43.2 Å². The Morgan fingerprint density at radius 3 is 2.30 bits per heavy atom. The van der Waals surface area contributed by atoms with E-state index in [4.69, 9.17) is 0 Å². The van der Waals surface area contributed by atoms with Gasteiger partial charge in [0.15, 0.2) is 5.96 Å². The highest BCUT2D eigenvalue weighted by Crippen LogP contribution is 2.18. The highest BCUT2D eigenvalue weighted by molar-refractivity contribution is 14.0. The molecule has 2 heterocycles. The minimum absolute atomic E-state index is 0. The summed E-state index contributed by atoms with van der Waals surface area (Å²) < 4.78 is 0. The minimum atomic E-state index is 0. The van der Waals surface area contributed by atoms with Crippen molar-refractivity contribution in [1.29, 1.82) is 0 Å². The van der Waals surface area contributed by atoms with Crippen molar-refractivity contribution < 1.29 is 0 Å². The number of aliphatic imine (C=N–C) groups is 1. The lowest BCUT2D eigenvalue weighted by Gasteiger charge is -2.22. The van der Waals surface area contributed by atoms with Crippen LogP contribution in [0.4, 0.5) is 5.82 Å². The molecule has 1 aliphatic heterocycles. The molecule has 1 aliphatic rings. The molecule has 0 saturated carbocycles. The van der Waals surface area contributed by atoms with Gasteiger partial charge >= 0.3 is 0 Å². The van der Waals surface area contributed by atoms with E-state index in [-0.39, 0.29) is 24.0 Å². The average molecular weight is 479 g/mol. The van der Waals surface area contributed by atoms with E-state index in [1.165, 1.54) is 36.8 Å². The van der Waals surface area contributed by atoms with Crippen LogP contribution in [-0.2, 0) is 13.1 Å². The van der Waals surface area contributed by atoms with E-state index in [2.05, 4.69) is 61.9 Å². The van der Waals surface area contributed by atoms with Crippen LogP contribution >= 0.6 is 24.0 Å². The maximum Gasteiger partial charge on any atom is 0.191 e. The Morgan fingerprint density at radius 1 is 0.963 bits per heavy atom. The summed E-state index contributed by atoms with van der Waals surface area (Å²) in [5, 5.41) is 6.75. The number of rotatable bonds is 5. The zero-order valence-electron chi connectivity index (χ0n) is 16.0. The molecular weight excluding hydrogens is 449 g/mol. The predicted octanol–water partition coefficient (Wildman–Crippen LogP) is 3.95. The van der Waals surface area contributed by atoms with Crippen molar-refractivity contribution in [3.63, 3.8) is 0 Å². The van der Waals surface area contributed by atoms with Gasteiger partial charge in [0, 0.05) is 39.4 Å². The first-order chi connectivity index (χ1) is 12.8. The van der Waals surface area contributed by atoms with Crippen LogP contribution < -0.4 is 15.5 Å². The van der Waals surface area contributed by atoms with Crippen molar-refractivity contribution in [3.05, 3.63) is 59.8 Å². The van der Waals surface area contributed by atoms with Gasteiger partial charge in [0.05, 0.1) is 0 Å². The largest absolute Gasteiger partial charge is 0.357 e. The molecule has 1 aromatic carbocycles. The van der Waals surface area contributed by atoms with E-state index < -0.39 is 0 Å². The Balaban J connectivity index is 0.00000261. The summed E-state index contributed by atoms with van der Waals surface area (Å²) in [5.41, 5.74) is 2.46. The highest BCUT2D eigenvalue weighted by Gasteiger charge is 2.11. The summed E-state index contributed by atoms with van der Waals surface area (Å²) in [5.74, 6) is 1.90. The van der Waals surface area contributed by atoms with Crippen molar-refractivity contribution in [2.75, 3.05) is 25.0 Å². The molecule has 5 nitrogen and oxygen atoms in total. The molecule has 0 spiro atoms. The average Bonchev–Trinajstić information content (AvgIpc) is 2.99. The number of guanidine groups is 1. The number of hydrogen-bond acceptors (Lipinski definition) is 3. The van der Waals surface area contributed by atoms with E-state index in [0.29, 0.717) is 0 Å². The molecule has 1 saturated heterocycles. The van der Waals surface area contributed by atoms with Crippen molar-refractivity contribution in [1.82, 2.24) is 15.6 Å². The molecule has 0 aliphatic carbocycles. The van der Waals surface area contributed by atoms with Crippen LogP contribution in [0.25, 0.3) is 0 Å². The van der Waals surface area contributed by atoms with Crippen molar-refractivity contribution >= 4 is 35.8 Å². The number of benzene rings is 1. The molecule has 1 fully saturated rings. The van der Waals surface area contributed by atoms with Crippen LogP contribution in [0.5, 0.6) is 0 Å².